The quantitative estimate of drug-likeness (QED) is 0.114. The Morgan fingerprint density at radius 1 is 0.703 bits per heavy atom. The number of ether oxygens (including phenoxy) is 8. The number of rotatable bonds is 12. The maximum absolute atomic E-state index is 11.4. The summed E-state index contributed by atoms with van der Waals surface area (Å²) in [4.78, 5) is 0. The van der Waals surface area contributed by atoms with Gasteiger partial charge in [0, 0.05) is 25.9 Å². The van der Waals surface area contributed by atoms with Crippen molar-refractivity contribution in [3.05, 3.63) is 12.2 Å². The molecule has 0 amide bonds. The molecule has 4 aliphatic carbocycles. The number of hydrogen-bond acceptors (Lipinski definition) is 18. The summed E-state index contributed by atoms with van der Waals surface area (Å²) < 4.78 is 49.6. The first-order chi connectivity index (χ1) is 30.2. The molecule has 8 rings (SSSR count). The number of hydrogen-bond donors (Lipinski definition) is 10. The van der Waals surface area contributed by atoms with Crippen LogP contribution in [0.1, 0.15) is 92.4 Å². The van der Waals surface area contributed by atoms with Crippen molar-refractivity contribution in [2.24, 2.45) is 46.3 Å². The predicted octanol–water partition coefficient (Wildman–Crippen LogP) is -0.179. The average molecular weight is 917 g/mol. The van der Waals surface area contributed by atoms with Crippen molar-refractivity contribution in [1.82, 2.24) is 0 Å². The fraction of sp³-hybridized carbons (Fsp3) is 0.957. The lowest BCUT2D eigenvalue weighted by Crippen LogP contribution is -2.65. The molecule has 8 aliphatic rings. The molecular weight excluding hydrogens is 840 g/mol. The highest BCUT2D eigenvalue weighted by molar-refractivity contribution is 5.17. The van der Waals surface area contributed by atoms with Crippen LogP contribution in [0.15, 0.2) is 12.2 Å². The van der Waals surface area contributed by atoms with Gasteiger partial charge in [-0.1, -0.05) is 32.9 Å². The van der Waals surface area contributed by atoms with E-state index in [1.54, 1.807) is 14.0 Å². The summed E-state index contributed by atoms with van der Waals surface area (Å²) in [5, 5.41) is 106. The van der Waals surface area contributed by atoms with E-state index >= 15 is 0 Å². The molecule has 0 aromatic rings. The topological polar surface area (TPSA) is 276 Å². The summed E-state index contributed by atoms with van der Waals surface area (Å²) in [6.45, 7) is 13.8. The lowest BCUT2D eigenvalue weighted by molar-refractivity contribution is -0.375. The molecule has 18 heteroatoms. The fourth-order valence-electron chi connectivity index (χ4n) is 14.3. The van der Waals surface area contributed by atoms with Crippen molar-refractivity contribution in [3.63, 3.8) is 0 Å². The van der Waals surface area contributed by atoms with Crippen LogP contribution in [0.25, 0.3) is 0 Å². The largest absolute Gasteiger partial charge is 0.394 e. The van der Waals surface area contributed by atoms with Crippen molar-refractivity contribution in [2.75, 3.05) is 20.3 Å². The Hall–Kier alpha value is -0.980. The van der Waals surface area contributed by atoms with Crippen molar-refractivity contribution < 1.29 is 89.0 Å². The predicted molar refractivity (Wildman–Crippen MR) is 222 cm³/mol. The van der Waals surface area contributed by atoms with Gasteiger partial charge in [0.2, 0.25) is 0 Å². The van der Waals surface area contributed by atoms with Crippen LogP contribution < -0.4 is 0 Å². The number of fused-ring (bicyclic) bond motifs is 7. The highest BCUT2D eigenvalue weighted by atomic mass is 16.8. The molecule has 64 heavy (non-hydrogen) atoms. The van der Waals surface area contributed by atoms with E-state index in [0.29, 0.717) is 43.1 Å². The highest BCUT2D eigenvalue weighted by Gasteiger charge is 2.70. The van der Waals surface area contributed by atoms with Gasteiger partial charge < -0.3 is 89.0 Å². The van der Waals surface area contributed by atoms with Gasteiger partial charge in [0.15, 0.2) is 24.7 Å². The second-order valence-electron chi connectivity index (χ2n) is 21.3. The third-order valence-corrected chi connectivity index (χ3v) is 18.0. The zero-order valence-corrected chi connectivity index (χ0v) is 38.1. The van der Waals surface area contributed by atoms with Gasteiger partial charge in [-0.05, 0) is 99.2 Å². The summed E-state index contributed by atoms with van der Waals surface area (Å²) in [6.07, 6.45) is -14.5. The van der Waals surface area contributed by atoms with E-state index in [1.165, 1.54) is 6.92 Å². The Morgan fingerprint density at radius 2 is 1.36 bits per heavy atom. The Morgan fingerprint density at radius 3 is 2.05 bits per heavy atom. The zero-order chi connectivity index (χ0) is 46.4. The van der Waals surface area contributed by atoms with E-state index in [2.05, 4.69) is 27.4 Å². The Labute approximate surface area is 375 Å². The molecule has 18 nitrogen and oxygen atoms in total. The molecule has 4 aliphatic heterocycles. The van der Waals surface area contributed by atoms with Gasteiger partial charge in [0.25, 0.3) is 0 Å². The van der Waals surface area contributed by atoms with Crippen LogP contribution in [-0.2, 0) is 37.9 Å². The molecule has 368 valence electrons. The van der Waals surface area contributed by atoms with Crippen LogP contribution >= 0.6 is 0 Å². The van der Waals surface area contributed by atoms with Crippen LogP contribution in [0.5, 0.6) is 0 Å². The maximum atomic E-state index is 11.4. The molecule has 0 radical (unpaired) electrons. The lowest BCUT2D eigenvalue weighted by Gasteiger charge is -2.63. The molecule has 4 heterocycles. The normalized spacial score (nSPS) is 56.2. The minimum Gasteiger partial charge on any atom is -0.394 e. The smallest absolute Gasteiger partial charge is 0.187 e. The molecule has 8 fully saturated rings. The Kier molecular flexibility index (Phi) is 14.5. The van der Waals surface area contributed by atoms with Crippen molar-refractivity contribution in [2.45, 2.75) is 209 Å². The van der Waals surface area contributed by atoms with Crippen molar-refractivity contribution in [3.8, 4) is 0 Å². The van der Waals surface area contributed by atoms with Gasteiger partial charge in [-0.15, -0.1) is 0 Å². The molecule has 0 bridgehead atoms. The van der Waals surface area contributed by atoms with Crippen LogP contribution in [-0.4, -0.2) is 188 Å². The van der Waals surface area contributed by atoms with E-state index in [-0.39, 0.29) is 41.8 Å². The monoisotopic (exact) mass is 917 g/mol. The van der Waals surface area contributed by atoms with E-state index in [0.717, 1.165) is 32.1 Å². The molecule has 0 spiro atoms. The van der Waals surface area contributed by atoms with Crippen molar-refractivity contribution in [1.29, 1.82) is 0 Å². The van der Waals surface area contributed by atoms with Crippen LogP contribution in [0.2, 0.25) is 0 Å². The van der Waals surface area contributed by atoms with Gasteiger partial charge in [-0.3, -0.25) is 0 Å². The Bertz CT molecular complexity index is 1620. The molecule has 4 saturated carbocycles. The van der Waals surface area contributed by atoms with E-state index < -0.39 is 122 Å². The summed E-state index contributed by atoms with van der Waals surface area (Å²) in [6, 6.07) is 0. The molecule has 0 unspecified atom stereocenters. The summed E-state index contributed by atoms with van der Waals surface area (Å²) in [7, 11) is 1.69. The lowest BCUT2D eigenvalue weighted by atomic mass is 9.43. The molecule has 27 atom stereocenters. The van der Waals surface area contributed by atoms with Gasteiger partial charge in [-0.2, -0.15) is 0 Å². The Balaban J connectivity index is 0.952. The number of aliphatic hydroxyl groups excluding tert-OH is 10. The van der Waals surface area contributed by atoms with Crippen LogP contribution in [0.4, 0.5) is 0 Å². The molecule has 0 aromatic carbocycles. The van der Waals surface area contributed by atoms with Crippen molar-refractivity contribution >= 4 is 0 Å². The summed E-state index contributed by atoms with van der Waals surface area (Å²) in [5.74, 6) is 0.514. The second kappa shape index (κ2) is 18.7. The third kappa shape index (κ3) is 8.27. The van der Waals surface area contributed by atoms with Crippen LogP contribution in [0.3, 0.4) is 0 Å². The first-order valence-electron chi connectivity index (χ1n) is 23.7. The van der Waals surface area contributed by atoms with Gasteiger partial charge in [-0.25, -0.2) is 0 Å². The highest BCUT2D eigenvalue weighted by Crippen LogP contribution is 2.71. The fourth-order valence-corrected chi connectivity index (χ4v) is 14.3. The minimum absolute atomic E-state index is 0.0165. The first kappa shape index (κ1) is 49.4. The van der Waals surface area contributed by atoms with Gasteiger partial charge >= 0.3 is 0 Å². The molecule has 4 saturated heterocycles. The molecule has 10 N–H and O–H groups in total. The average Bonchev–Trinajstić information content (AvgIpc) is 3.72. The summed E-state index contributed by atoms with van der Waals surface area (Å²) >= 11 is 0. The van der Waals surface area contributed by atoms with Gasteiger partial charge in [0.1, 0.15) is 61.0 Å². The van der Waals surface area contributed by atoms with E-state index in [9.17, 15) is 51.1 Å². The van der Waals surface area contributed by atoms with E-state index in [1.807, 2.05) is 0 Å². The third-order valence-electron chi connectivity index (χ3n) is 18.0. The zero-order valence-electron chi connectivity index (χ0n) is 38.1. The standard InChI is InChI=1S/C46H76O18/c1-19(18-58-41-38(55)36(53)34(51)29(17-47)61-41)10-13-46(57-7)20(2)31-28(64-46)16-27-25-9-8-23-14-24(48)15-30(45(23,6)26(25)11-12-44(27,31)5)62-43-40(37(54)33(50)22(4)60-43)63-42-39(56)35(52)32(49)21(3)59-42/h20-43,47-56H,1,8-18H2,2-7H3/t20-,21-,22+,23-,24-,25+,26-,27-,28-,29+,30+,31-,32-,33-,34+,35+,36-,37-,38+,39+,40+,41+,42-,43-,44-,45-,46+/m0/s1. The second-order valence-corrected chi connectivity index (χ2v) is 21.3. The van der Waals surface area contributed by atoms with Crippen LogP contribution in [0, 0.1) is 46.3 Å². The minimum atomic E-state index is -1.65. The number of methoxy groups -OCH3 is 1. The van der Waals surface area contributed by atoms with E-state index in [4.69, 9.17) is 37.9 Å². The summed E-state index contributed by atoms with van der Waals surface area (Å²) in [5.41, 5.74) is 0.269. The first-order valence-corrected chi connectivity index (χ1v) is 23.7. The van der Waals surface area contributed by atoms with Gasteiger partial charge in [0.05, 0.1) is 43.7 Å². The SMILES string of the molecule is C=C(CC[C@@]1(OC)O[C@H]2C[C@H]3[C@@H]4CC[C@H]5C[C@H](O)C[C@@H](O[C@@H]6O[C@H](C)[C@H](O)[C@H](O)[C@H]6O[C@@H]6O[C@@H](C)[C@H](O)[C@@H](O)[C@H]6O)[C@]5(C)[C@H]4CC[C@]3(C)[C@H]2[C@@H]1C)CO[C@@H]1O[C@H](CO)[C@@H](O)[C@H](O)[C@H]1O. The molecule has 0 aromatic heterocycles. The maximum Gasteiger partial charge on any atom is 0.187 e. The molecular formula is C46H76O18. The number of aliphatic hydroxyl groups is 10.